The lowest BCUT2D eigenvalue weighted by Gasteiger charge is -2.34. The number of hydrogen-bond donors (Lipinski definition) is 1. The Morgan fingerprint density at radius 2 is 1.68 bits per heavy atom. The van der Waals surface area contributed by atoms with E-state index in [0.29, 0.717) is 0 Å². The fraction of sp³-hybridized carbons (Fsp3) is 0.381. The van der Waals surface area contributed by atoms with Gasteiger partial charge >= 0.3 is 0 Å². The Hall–Kier alpha value is -2.00. The summed E-state index contributed by atoms with van der Waals surface area (Å²) in [5.41, 5.74) is 3.11. The van der Waals surface area contributed by atoms with Crippen LogP contribution in [0.4, 0.5) is 5.82 Å². The van der Waals surface area contributed by atoms with Crippen molar-refractivity contribution >= 4 is 23.1 Å². The van der Waals surface area contributed by atoms with E-state index in [0.717, 1.165) is 34.2 Å². The third-order valence-corrected chi connectivity index (χ3v) is 4.33. The highest BCUT2D eigenvalue weighted by atomic mass is 35.5. The summed E-state index contributed by atoms with van der Waals surface area (Å²) in [6, 6.07) is 13.9. The van der Waals surface area contributed by atoms with Crippen LogP contribution in [0.15, 0.2) is 48.7 Å². The highest BCUT2D eigenvalue weighted by Crippen LogP contribution is 2.35. The summed E-state index contributed by atoms with van der Waals surface area (Å²) in [7, 11) is 0. The lowest BCUT2D eigenvalue weighted by atomic mass is 9.82. The Labute approximate surface area is 155 Å². The van der Waals surface area contributed by atoms with Gasteiger partial charge in [-0.25, -0.2) is 4.98 Å². The first-order valence-corrected chi connectivity index (χ1v) is 9.04. The first-order chi connectivity index (χ1) is 11.6. The van der Waals surface area contributed by atoms with E-state index in [-0.39, 0.29) is 11.0 Å². The van der Waals surface area contributed by atoms with Crippen LogP contribution in [0.2, 0.25) is 5.02 Å². The van der Waals surface area contributed by atoms with E-state index < -0.39 is 0 Å². The fourth-order valence-electron chi connectivity index (χ4n) is 3.61. The smallest absolute Gasteiger partial charge is 0.139 e. The first kappa shape index (κ1) is 17.8. The van der Waals surface area contributed by atoms with Crippen LogP contribution in [0, 0.1) is 5.41 Å². The first-order valence-electron chi connectivity index (χ1n) is 8.66. The molecule has 0 aliphatic heterocycles. The summed E-state index contributed by atoms with van der Waals surface area (Å²) in [5.74, 6) is 1.02. The van der Waals surface area contributed by atoms with Crippen molar-refractivity contribution in [2.45, 2.75) is 46.6 Å². The van der Waals surface area contributed by atoms with E-state index in [1.165, 1.54) is 0 Å². The number of nitrogens with zero attached hydrogens (tertiary/aromatic N) is 2. The number of nitrogens with one attached hydrogen (secondary N) is 1. The zero-order valence-electron chi connectivity index (χ0n) is 15.6. The largest absolute Gasteiger partial charge is 0.364 e. The molecule has 0 atom stereocenters. The number of rotatable bonds is 4. The van der Waals surface area contributed by atoms with Gasteiger partial charge in [-0.1, -0.05) is 50.6 Å². The molecule has 0 spiro atoms. The van der Waals surface area contributed by atoms with Crippen LogP contribution >= 0.6 is 11.6 Å². The van der Waals surface area contributed by atoms with Crippen molar-refractivity contribution in [3.8, 4) is 11.3 Å². The molecule has 2 aromatic heterocycles. The van der Waals surface area contributed by atoms with E-state index in [1.54, 1.807) is 0 Å². The summed E-state index contributed by atoms with van der Waals surface area (Å²) in [4.78, 5) is 4.85. The minimum Gasteiger partial charge on any atom is -0.364 e. The van der Waals surface area contributed by atoms with Crippen LogP contribution in [0.3, 0.4) is 0 Å². The molecule has 25 heavy (non-hydrogen) atoms. The van der Waals surface area contributed by atoms with Gasteiger partial charge in [0, 0.05) is 22.3 Å². The Morgan fingerprint density at radius 3 is 2.32 bits per heavy atom. The van der Waals surface area contributed by atoms with Crippen molar-refractivity contribution < 1.29 is 0 Å². The number of aromatic nitrogens is 2. The maximum atomic E-state index is 6.06. The zero-order valence-corrected chi connectivity index (χ0v) is 16.4. The minimum atomic E-state index is -0.0643. The highest BCUT2D eigenvalue weighted by molar-refractivity contribution is 6.30. The number of anilines is 1. The van der Waals surface area contributed by atoms with E-state index in [4.69, 9.17) is 16.6 Å². The number of pyridine rings is 1. The Bertz CT molecular complexity index is 870. The van der Waals surface area contributed by atoms with Gasteiger partial charge < -0.3 is 5.32 Å². The average molecular weight is 356 g/mol. The second kappa shape index (κ2) is 6.38. The molecular weight excluding hydrogens is 330 g/mol. The highest BCUT2D eigenvalue weighted by Gasteiger charge is 2.27. The van der Waals surface area contributed by atoms with Crippen LogP contribution in [-0.2, 0) is 0 Å². The summed E-state index contributed by atoms with van der Waals surface area (Å²) >= 11 is 6.06. The van der Waals surface area contributed by atoms with Crippen LogP contribution in [-0.4, -0.2) is 14.9 Å². The van der Waals surface area contributed by atoms with Gasteiger partial charge in [0.1, 0.15) is 17.2 Å². The molecule has 0 fully saturated rings. The third kappa shape index (κ3) is 4.16. The van der Waals surface area contributed by atoms with E-state index in [1.807, 2.05) is 42.5 Å². The SMILES string of the molecule is CC(C)(C)CC(C)(C)Nc1c(-c2ccc(Cl)cc2)nc2ccccn12. The molecule has 1 aromatic carbocycles. The standard InChI is InChI=1S/C21H26ClN3/c1-20(2,3)14-21(4,5)24-19-18(15-9-11-16(22)12-10-15)23-17-8-6-7-13-25(17)19/h6-13,24H,14H2,1-5H3. The Balaban J connectivity index is 2.09. The summed E-state index contributed by atoms with van der Waals surface area (Å²) in [6.45, 7) is 11.3. The van der Waals surface area contributed by atoms with Crippen molar-refractivity contribution in [2.24, 2.45) is 5.41 Å². The molecule has 0 saturated heterocycles. The van der Waals surface area contributed by atoms with Crippen molar-refractivity contribution in [3.05, 3.63) is 53.7 Å². The van der Waals surface area contributed by atoms with Gasteiger partial charge in [0.25, 0.3) is 0 Å². The quantitative estimate of drug-likeness (QED) is 0.596. The lowest BCUT2D eigenvalue weighted by Crippen LogP contribution is -2.36. The minimum absolute atomic E-state index is 0.0643. The number of halogens is 1. The number of imidazole rings is 1. The second-order valence-corrected chi connectivity index (χ2v) is 8.93. The normalized spacial score (nSPS) is 12.6. The Kier molecular flexibility index (Phi) is 4.54. The molecule has 0 radical (unpaired) electrons. The average Bonchev–Trinajstić information content (AvgIpc) is 2.84. The molecule has 1 N–H and O–H groups in total. The Morgan fingerprint density at radius 1 is 1.00 bits per heavy atom. The van der Waals surface area contributed by atoms with Crippen molar-refractivity contribution in [2.75, 3.05) is 5.32 Å². The molecule has 0 saturated carbocycles. The predicted octanol–water partition coefficient (Wildman–Crippen LogP) is 6.28. The topological polar surface area (TPSA) is 29.3 Å². The van der Waals surface area contributed by atoms with E-state index in [2.05, 4.69) is 50.5 Å². The second-order valence-electron chi connectivity index (χ2n) is 8.49. The van der Waals surface area contributed by atoms with Gasteiger partial charge in [-0.15, -0.1) is 0 Å². The van der Waals surface area contributed by atoms with Gasteiger partial charge in [0.15, 0.2) is 0 Å². The third-order valence-electron chi connectivity index (χ3n) is 4.08. The maximum Gasteiger partial charge on any atom is 0.139 e. The van der Waals surface area contributed by atoms with Crippen molar-refractivity contribution in [1.29, 1.82) is 0 Å². The summed E-state index contributed by atoms with van der Waals surface area (Å²) in [6.07, 6.45) is 3.09. The number of fused-ring (bicyclic) bond motifs is 1. The van der Waals surface area contributed by atoms with Gasteiger partial charge in [0.05, 0.1) is 0 Å². The van der Waals surface area contributed by atoms with Crippen LogP contribution < -0.4 is 5.32 Å². The van der Waals surface area contributed by atoms with Gasteiger partial charge in [-0.05, 0) is 49.9 Å². The molecule has 3 aromatic rings. The molecule has 132 valence electrons. The predicted molar refractivity (Wildman–Crippen MR) is 107 cm³/mol. The number of benzene rings is 1. The zero-order chi connectivity index (χ0) is 18.2. The summed E-state index contributed by atoms with van der Waals surface area (Å²) in [5, 5.41) is 4.48. The molecule has 0 unspecified atom stereocenters. The van der Waals surface area contributed by atoms with Crippen LogP contribution in [0.5, 0.6) is 0 Å². The summed E-state index contributed by atoms with van der Waals surface area (Å²) < 4.78 is 2.12. The van der Waals surface area contributed by atoms with Gasteiger partial charge in [-0.2, -0.15) is 0 Å². The van der Waals surface area contributed by atoms with Crippen molar-refractivity contribution in [1.82, 2.24) is 9.38 Å². The molecule has 3 rings (SSSR count). The fourth-order valence-corrected chi connectivity index (χ4v) is 3.74. The molecule has 4 heteroatoms. The van der Waals surface area contributed by atoms with Crippen LogP contribution in [0.1, 0.15) is 41.0 Å². The molecule has 0 bridgehead atoms. The lowest BCUT2D eigenvalue weighted by molar-refractivity contribution is 0.302. The molecule has 0 amide bonds. The molecule has 0 aliphatic carbocycles. The number of hydrogen-bond acceptors (Lipinski definition) is 2. The van der Waals surface area contributed by atoms with E-state index >= 15 is 0 Å². The monoisotopic (exact) mass is 355 g/mol. The molecule has 3 nitrogen and oxygen atoms in total. The molecular formula is C21H26ClN3. The van der Waals surface area contributed by atoms with Gasteiger partial charge in [-0.3, -0.25) is 4.40 Å². The molecule has 2 heterocycles. The van der Waals surface area contributed by atoms with Crippen LogP contribution in [0.25, 0.3) is 16.9 Å². The molecule has 0 aliphatic rings. The van der Waals surface area contributed by atoms with Gasteiger partial charge in [0.2, 0.25) is 0 Å². The van der Waals surface area contributed by atoms with E-state index in [9.17, 15) is 0 Å². The van der Waals surface area contributed by atoms with Crippen molar-refractivity contribution in [3.63, 3.8) is 0 Å². The maximum absolute atomic E-state index is 6.06.